The number of hydrogen-bond donors (Lipinski definition) is 2. The Morgan fingerprint density at radius 1 is 1.50 bits per heavy atom. The summed E-state index contributed by atoms with van der Waals surface area (Å²) in [5, 5.41) is 1.97. The highest BCUT2D eigenvalue weighted by molar-refractivity contribution is 9.10. The van der Waals surface area contributed by atoms with E-state index in [1.54, 1.807) is 23.5 Å². The predicted molar refractivity (Wildman–Crippen MR) is 80.9 cm³/mol. The second-order valence-electron chi connectivity index (χ2n) is 4.41. The van der Waals surface area contributed by atoms with Gasteiger partial charge in [0.2, 0.25) is 0 Å². The highest BCUT2D eigenvalue weighted by atomic mass is 79.9. The van der Waals surface area contributed by atoms with Crippen LogP contribution in [-0.2, 0) is 6.42 Å². The minimum absolute atomic E-state index is 0.289. The van der Waals surface area contributed by atoms with Crippen molar-refractivity contribution in [3.63, 3.8) is 0 Å². The van der Waals surface area contributed by atoms with Crippen molar-refractivity contribution >= 4 is 32.2 Å². The molecule has 104 valence electrons. The van der Waals surface area contributed by atoms with Crippen LogP contribution in [0.1, 0.15) is 17.3 Å². The Kier molecular flexibility index (Phi) is 3.84. The fourth-order valence-corrected chi connectivity index (χ4v) is 3.18. The predicted octanol–water partition coefficient (Wildman–Crippen LogP) is 3.04. The van der Waals surface area contributed by atoms with Gasteiger partial charge in [0.05, 0.1) is 11.7 Å². The molecule has 0 aliphatic rings. The number of aromatic nitrogens is 2. The van der Waals surface area contributed by atoms with E-state index in [2.05, 4.69) is 26.3 Å². The highest BCUT2D eigenvalue weighted by Gasteiger charge is 2.17. The molecule has 4 nitrogen and oxygen atoms in total. The van der Waals surface area contributed by atoms with Crippen molar-refractivity contribution in [1.29, 1.82) is 0 Å². The molecule has 0 spiro atoms. The summed E-state index contributed by atoms with van der Waals surface area (Å²) in [5.74, 6) is 5.28. The van der Waals surface area contributed by atoms with E-state index in [9.17, 15) is 4.39 Å². The van der Waals surface area contributed by atoms with Crippen molar-refractivity contribution < 1.29 is 4.39 Å². The molecule has 3 N–H and O–H groups in total. The zero-order valence-electron chi connectivity index (χ0n) is 10.4. The van der Waals surface area contributed by atoms with Crippen LogP contribution in [0, 0.1) is 5.82 Å². The molecule has 0 aliphatic heterocycles. The first-order valence-electron chi connectivity index (χ1n) is 5.99. The van der Waals surface area contributed by atoms with Crippen LogP contribution in [0.5, 0.6) is 0 Å². The topological polar surface area (TPSA) is 55.3 Å². The molecule has 3 aromatic rings. The Labute approximate surface area is 127 Å². The van der Waals surface area contributed by atoms with E-state index in [0.717, 1.165) is 10.7 Å². The van der Waals surface area contributed by atoms with Gasteiger partial charge in [0.25, 0.3) is 0 Å². The van der Waals surface area contributed by atoms with Crippen molar-refractivity contribution in [2.24, 2.45) is 5.84 Å². The third kappa shape index (κ3) is 2.62. The molecule has 1 unspecified atom stereocenters. The van der Waals surface area contributed by atoms with Crippen molar-refractivity contribution in [2.45, 2.75) is 12.5 Å². The summed E-state index contributed by atoms with van der Waals surface area (Å²) < 4.78 is 16.6. The number of benzene rings is 1. The normalized spacial score (nSPS) is 12.9. The van der Waals surface area contributed by atoms with Gasteiger partial charge in [-0.15, -0.1) is 11.3 Å². The Balaban J connectivity index is 1.88. The smallest absolute Gasteiger partial charge is 0.193 e. The number of halogens is 2. The van der Waals surface area contributed by atoms with Crippen molar-refractivity contribution in [1.82, 2.24) is 14.8 Å². The van der Waals surface area contributed by atoms with Gasteiger partial charge in [0.1, 0.15) is 5.82 Å². The molecule has 1 aromatic carbocycles. The number of hydrazine groups is 1. The SMILES string of the molecule is NNC(Cc1cn2ccsc2n1)c1ccc(Br)cc1F. The summed E-state index contributed by atoms with van der Waals surface area (Å²) in [4.78, 5) is 5.41. The van der Waals surface area contributed by atoms with E-state index >= 15 is 0 Å². The first-order chi connectivity index (χ1) is 9.67. The third-order valence-corrected chi connectivity index (χ3v) is 4.36. The lowest BCUT2D eigenvalue weighted by molar-refractivity contribution is 0.507. The second-order valence-corrected chi connectivity index (χ2v) is 6.20. The van der Waals surface area contributed by atoms with E-state index in [-0.39, 0.29) is 11.9 Å². The van der Waals surface area contributed by atoms with Gasteiger partial charge >= 0.3 is 0 Å². The van der Waals surface area contributed by atoms with Gasteiger partial charge in [0, 0.05) is 34.2 Å². The van der Waals surface area contributed by atoms with Gasteiger partial charge in [-0.3, -0.25) is 15.7 Å². The molecular formula is C13H12BrFN4S. The molecule has 3 rings (SSSR count). The van der Waals surface area contributed by atoms with E-state index in [0.29, 0.717) is 16.5 Å². The summed E-state index contributed by atoms with van der Waals surface area (Å²) in [6, 6.07) is 4.65. The number of nitrogens with two attached hydrogens (primary N) is 1. The van der Waals surface area contributed by atoms with Gasteiger partial charge in [-0.25, -0.2) is 9.37 Å². The first-order valence-corrected chi connectivity index (χ1v) is 7.67. The van der Waals surface area contributed by atoms with Gasteiger partial charge in [-0.2, -0.15) is 0 Å². The molecule has 0 bridgehead atoms. The molecule has 20 heavy (non-hydrogen) atoms. The van der Waals surface area contributed by atoms with E-state index in [1.807, 2.05) is 22.2 Å². The van der Waals surface area contributed by atoms with Crippen molar-refractivity contribution in [3.05, 3.63) is 57.5 Å². The number of nitrogens with one attached hydrogen (secondary N) is 1. The summed E-state index contributed by atoms with van der Waals surface area (Å²) in [7, 11) is 0. The van der Waals surface area contributed by atoms with Crippen LogP contribution in [0.25, 0.3) is 4.96 Å². The molecule has 0 amide bonds. The molecule has 0 saturated heterocycles. The molecule has 7 heteroatoms. The molecule has 0 saturated carbocycles. The summed E-state index contributed by atoms with van der Waals surface area (Å²) in [6.45, 7) is 0. The van der Waals surface area contributed by atoms with Crippen LogP contribution >= 0.6 is 27.3 Å². The minimum atomic E-state index is -0.312. The summed E-state index contributed by atoms with van der Waals surface area (Å²) in [5.41, 5.74) is 4.07. The van der Waals surface area contributed by atoms with Crippen LogP contribution in [0.4, 0.5) is 4.39 Å². The minimum Gasteiger partial charge on any atom is -0.297 e. The lowest BCUT2D eigenvalue weighted by Gasteiger charge is -2.16. The van der Waals surface area contributed by atoms with E-state index in [4.69, 9.17) is 5.84 Å². The fourth-order valence-electron chi connectivity index (χ4n) is 2.13. The molecule has 0 fully saturated rings. The molecule has 2 aromatic heterocycles. The number of imidazole rings is 1. The van der Waals surface area contributed by atoms with Gasteiger partial charge in [-0.1, -0.05) is 22.0 Å². The highest BCUT2D eigenvalue weighted by Crippen LogP contribution is 2.24. The molecule has 0 radical (unpaired) electrons. The second kappa shape index (κ2) is 5.61. The van der Waals surface area contributed by atoms with E-state index < -0.39 is 0 Å². The number of hydrogen-bond acceptors (Lipinski definition) is 4. The Morgan fingerprint density at radius 3 is 3.05 bits per heavy atom. The number of thiazole rings is 1. The number of fused-ring (bicyclic) bond motifs is 1. The van der Waals surface area contributed by atoms with Gasteiger partial charge < -0.3 is 0 Å². The van der Waals surface area contributed by atoms with E-state index in [1.165, 1.54) is 6.07 Å². The van der Waals surface area contributed by atoms with Gasteiger partial charge in [0.15, 0.2) is 4.96 Å². The van der Waals surface area contributed by atoms with Crippen molar-refractivity contribution in [3.8, 4) is 0 Å². The van der Waals surface area contributed by atoms with Crippen LogP contribution < -0.4 is 11.3 Å². The monoisotopic (exact) mass is 354 g/mol. The average Bonchev–Trinajstić information content (AvgIpc) is 2.97. The lowest BCUT2D eigenvalue weighted by atomic mass is 10.0. The standard InChI is InChI=1S/C13H12BrFN4S/c14-8-1-2-10(11(15)5-8)12(18-16)6-9-7-19-3-4-20-13(19)17-9/h1-5,7,12,18H,6,16H2. The lowest BCUT2D eigenvalue weighted by Crippen LogP contribution is -2.30. The number of rotatable bonds is 4. The Morgan fingerprint density at radius 2 is 2.35 bits per heavy atom. The van der Waals surface area contributed by atoms with Crippen molar-refractivity contribution in [2.75, 3.05) is 0 Å². The van der Waals surface area contributed by atoms with Crippen LogP contribution in [0.15, 0.2) is 40.4 Å². The summed E-state index contributed by atoms with van der Waals surface area (Å²) in [6.07, 6.45) is 4.41. The third-order valence-electron chi connectivity index (χ3n) is 3.10. The first kappa shape index (κ1) is 13.7. The Bertz CT molecular complexity index is 710. The molecule has 1 atom stereocenters. The maximum atomic E-state index is 14.0. The maximum Gasteiger partial charge on any atom is 0.193 e. The van der Waals surface area contributed by atoms with Crippen LogP contribution in [0.3, 0.4) is 0 Å². The van der Waals surface area contributed by atoms with Crippen LogP contribution in [-0.4, -0.2) is 9.38 Å². The molecule has 0 aliphatic carbocycles. The Hall–Kier alpha value is -1.28. The zero-order chi connectivity index (χ0) is 14.1. The van der Waals surface area contributed by atoms with Crippen LogP contribution in [0.2, 0.25) is 0 Å². The quantitative estimate of drug-likeness (QED) is 0.559. The maximum absolute atomic E-state index is 14.0. The average molecular weight is 355 g/mol. The summed E-state index contributed by atoms with van der Waals surface area (Å²) >= 11 is 4.81. The fraction of sp³-hybridized carbons (Fsp3) is 0.154. The molecular weight excluding hydrogens is 343 g/mol. The largest absolute Gasteiger partial charge is 0.297 e. The zero-order valence-corrected chi connectivity index (χ0v) is 12.8. The number of nitrogens with zero attached hydrogens (tertiary/aromatic N) is 2. The van der Waals surface area contributed by atoms with Gasteiger partial charge in [-0.05, 0) is 12.1 Å². The molecule has 2 heterocycles.